The van der Waals surface area contributed by atoms with Crippen molar-refractivity contribution in [2.45, 2.75) is 25.8 Å². The Kier molecular flexibility index (Phi) is 5.74. The number of rotatable bonds is 6. The van der Waals surface area contributed by atoms with Crippen molar-refractivity contribution in [3.05, 3.63) is 40.3 Å². The summed E-state index contributed by atoms with van der Waals surface area (Å²) in [5.74, 6) is -3.30. The Morgan fingerprint density at radius 1 is 1.29 bits per heavy atom. The van der Waals surface area contributed by atoms with Crippen molar-refractivity contribution in [3.63, 3.8) is 0 Å². The second kappa shape index (κ2) is 7.59. The molecule has 0 aromatic heterocycles. The maximum atomic E-state index is 12.5. The number of nitrogens with zero attached hydrogens (tertiary/aromatic N) is 1. The van der Waals surface area contributed by atoms with Crippen molar-refractivity contribution in [1.82, 2.24) is 4.90 Å². The molecule has 1 aliphatic rings. The van der Waals surface area contributed by atoms with Gasteiger partial charge in [-0.1, -0.05) is 55.2 Å². The maximum absolute atomic E-state index is 12.5. The average Bonchev–Trinajstić information content (AvgIpc) is 2.79. The van der Waals surface area contributed by atoms with Gasteiger partial charge < -0.3 is 10.2 Å². The van der Waals surface area contributed by atoms with Crippen LogP contribution in [0.4, 0.5) is 0 Å². The molecule has 2 rings (SSSR count). The quantitative estimate of drug-likeness (QED) is 0.590. The van der Waals surface area contributed by atoms with Crippen molar-refractivity contribution in [1.29, 1.82) is 0 Å². The molecule has 1 aromatic rings. The van der Waals surface area contributed by atoms with E-state index in [4.69, 9.17) is 17.3 Å². The van der Waals surface area contributed by atoms with E-state index in [1.54, 1.807) is 6.08 Å². The van der Waals surface area contributed by atoms with Gasteiger partial charge in [0.2, 0.25) is 0 Å². The lowest BCUT2D eigenvalue weighted by Gasteiger charge is -2.21. The molecule has 1 aromatic carbocycles. The Hall–Kier alpha value is -2.19. The Bertz CT molecular complexity index is 726. The molecule has 126 valence electrons. The Labute approximate surface area is 148 Å². The first-order valence-electron chi connectivity index (χ1n) is 7.14. The van der Waals surface area contributed by atoms with Gasteiger partial charge in [0.25, 0.3) is 5.91 Å². The summed E-state index contributed by atoms with van der Waals surface area (Å²) in [6, 6.07) is 6.09. The molecule has 6 nitrogen and oxygen atoms in total. The molecule has 24 heavy (non-hydrogen) atoms. The van der Waals surface area contributed by atoms with Crippen LogP contribution in [-0.2, 0) is 20.8 Å². The van der Waals surface area contributed by atoms with Crippen LogP contribution < -0.4 is 0 Å². The summed E-state index contributed by atoms with van der Waals surface area (Å²) in [5.41, 5.74) is 1.95. The summed E-state index contributed by atoms with van der Waals surface area (Å²) in [5, 5.41) is 18.1. The lowest BCUT2D eigenvalue weighted by atomic mass is 10.1. The fourth-order valence-electron chi connectivity index (χ4n) is 2.20. The predicted molar refractivity (Wildman–Crippen MR) is 94.5 cm³/mol. The van der Waals surface area contributed by atoms with Crippen molar-refractivity contribution in [3.8, 4) is 0 Å². The topological polar surface area (TPSA) is 94.9 Å². The third-order valence-electron chi connectivity index (χ3n) is 3.47. The number of aryl methyl sites for hydroxylation is 1. The standard InChI is InChI=1S/C16H15NO5S2/c1-2-9-3-5-10(6-4-9)7-12-14(20)17(16(23)24-12)11(15(21)22)8-13(18)19/h3-7,11H,2,8H2,1H3,(H,18,19)(H,21,22)/b12-7+. The first kappa shape index (κ1) is 18.2. The molecule has 8 heteroatoms. The van der Waals surface area contributed by atoms with Gasteiger partial charge in [-0.05, 0) is 23.6 Å². The molecule has 2 N–H and O–H groups in total. The van der Waals surface area contributed by atoms with Gasteiger partial charge in [-0.15, -0.1) is 0 Å². The molecule has 1 amide bonds. The van der Waals surface area contributed by atoms with E-state index in [1.165, 1.54) is 0 Å². The number of hydrogen-bond donors (Lipinski definition) is 2. The molecule has 1 unspecified atom stereocenters. The van der Waals surface area contributed by atoms with Crippen LogP contribution in [-0.4, -0.2) is 43.3 Å². The predicted octanol–water partition coefficient (Wildman–Crippen LogP) is 2.38. The number of amides is 1. The van der Waals surface area contributed by atoms with E-state index in [2.05, 4.69) is 0 Å². The monoisotopic (exact) mass is 365 g/mol. The van der Waals surface area contributed by atoms with Gasteiger partial charge in [-0.25, -0.2) is 4.79 Å². The van der Waals surface area contributed by atoms with E-state index in [1.807, 2.05) is 31.2 Å². The van der Waals surface area contributed by atoms with Gasteiger partial charge in [-0.3, -0.25) is 14.5 Å². The first-order valence-corrected chi connectivity index (χ1v) is 8.36. The number of carboxylic acid groups (broad SMARTS) is 2. The summed E-state index contributed by atoms with van der Waals surface area (Å²) < 4.78 is 0.0464. The van der Waals surface area contributed by atoms with Crippen LogP contribution in [0.3, 0.4) is 0 Å². The summed E-state index contributed by atoms with van der Waals surface area (Å²) >= 11 is 6.04. The van der Waals surface area contributed by atoms with Gasteiger partial charge in [0.05, 0.1) is 11.3 Å². The van der Waals surface area contributed by atoms with Gasteiger partial charge in [0.1, 0.15) is 10.4 Å². The van der Waals surface area contributed by atoms with E-state index in [9.17, 15) is 19.5 Å². The largest absolute Gasteiger partial charge is 0.481 e. The highest BCUT2D eigenvalue weighted by Crippen LogP contribution is 2.34. The molecule has 1 atom stereocenters. The molecule has 0 bridgehead atoms. The van der Waals surface area contributed by atoms with Crippen LogP contribution >= 0.6 is 24.0 Å². The molecule has 0 spiro atoms. The highest BCUT2D eigenvalue weighted by molar-refractivity contribution is 8.26. The second-order valence-corrected chi connectivity index (χ2v) is 6.77. The summed E-state index contributed by atoms with van der Waals surface area (Å²) in [7, 11) is 0. The third-order valence-corrected chi connectivity index (χ3v) is 4.80. The highest BCUT2D eigenvalue weighted by Gasteiger charge is 2.41. The van der Waals surface area contributed by atoms with Crippen molar-refractivity contribution in [2.75, 3.05) is 0 Å². The summed E-state index contributed by atoms with van der Waals surface area (Å²) in [4.78, 5) is 35.8. The van der Waals surface area contributed by atoms with E-state index >= 15 is 0 Å². The minimum Gasteiger partial charge on any atom is -0.481 e. The lowest BCUT2D eigenvalue weighted by Crippen LogP contribution is -2.45. The summed E-state index contributed by atoms with van der Waals surface area (Å²) in [6.45, 7) is 2.04. The van der Waals surface area contributed by atoms with Crippen LogP contribution in [0, 0.1) is 0 Å². The Balaban J connectivity index is 2.27. The normalized spacial score (nSPS) is 17.4. The van der Waals surface area contributed by atoms with Crippen LogP contribution in [0.15, 0.2) is 29.2 Å². The van der Waals surface area contributed by atoms with Crippen molar-refractivity contribution >= 4 is 52.2 Å². The number of thiocarbonyl (C=S) groups is 1. The minimum atomic E-state index is -1.51. The van der Waals surface area contributed by atoms with E-state index in [-0.39, 0.29) is 9.23 Å². The summed E-state index contributed by atoms with van der Waals surface area (Å²) in [6.07, 6.45) is 1.82. The van der Waals surface area contributed by atoms with Crippen molar-refractivity contribution in [2.24, 2.45) is 0 Å². The number of carboxylic acids is 2. The van der Waals surface area contributed by atoms with E-state index < -0.39 is 30.3 Å². The fourth-order valence-corrected chi connectivity index (χ4v) is 3.56. The smallest absolute Gasteiger partial charge is 0.327 e. The molecular formula is C16H15NO5S2. The first-order chi connectivity index (χ1) is 11.3. The number of carbonyl (C=O) groups is 3. The maximum Gasteiger partial charge on any atom is 0.327 e. The van der Waals surface area contributed by atoms with Crippen LogP contribution in [0.1, 0.15) is 24.5 Å². The second-order valence-electron chi connectivity index (χ2n) is 5.10. The van der Waals surface area contributed by atoms with Crippen LogP contribution in [0.25, 0.3) is 6.08 Å². The zero-order valence-electron chi connectivity index (χ0n) is 12.8. The molecule has 0 aliphatic carbocycles. The number of benzene rings is 1. The zero-order valence-corrected chi connectivity index (χ0v) is 14.4. The number of aliphatic carboxylic acids is 2. The number of hydrogen-bond acceptors (Lipinski definition) is 5. The molecule has 1 fully saturated rings. The SMILES string of the molecule is CCc1ccc(/C=C2/SC(=S)N(C(CC(=O)O)C(=O)O)C2=O)cc1. The van der Waals surface area contributed by atoms with Gasteiger partial charge in [0.15, 0.2) is 0 Å². The Morgan fingerprint density at radius 3 is 2.42 bits per heavy atom. The molecule has 1 aliphatic heterocycles. The number of carbonyl (C=O) groups excluding carboxylic acids is 1. The van der Waals surface area contributed by atoms with Gasteiger partial charge in [0, 0.05) is 0 Å². The minimum absolute atomic E-state index is 0.0464. The van der Waals surface area contributed by atoms with Gasteiger partial charge >= 0.3 is 11.9 Å². The zero-order chi connectivity index (χ0) is 17.9. The van der Waals surface area contributed by atoms with Crippen LogP contribution in [0.2, 0.25) is 0 Å². The average molecular weight is 365 g/mol. The van der Waals surface area contributed by atoms with Crippen LogP contribution in [0.5, 0.6) is 0 Å². The van der Waals surface area contributed by atoms with Crippen molar-refractivity contribution < 1.29 is 24.6 Å². The third kappa shape index (κ3) is 4.01. The molecule has 0 saturated carbocycles. The molecule has 1 heterocycles. The van der Waals surface area contributed by atoms with E-state index in [0.29, 0.717) is 0 Å². The molecular weight excluding hydrogens is 350 g/mol. The van der Waals surface area contributed by atoms with E-state index in [0.717, 1.165) is 34.2 Å². The lowest BCUT2D eigenvalue weighted by molar-refractivity contribution is -0.150. The van der Waals surface area contributed by atoms with Gasteiger partial charge in [-0.2, -0.15) is 0 Å². The molecule has 0 radical (unpaired) electrons. The highest BCUT2D eigenvalue weighted by atomic mass is 32.2. The number of thioether (sulfide) groups is 1. The fraction of sp³-hybridized carbons (Fsp3) is 0.250. The molecule has 1 saturated heterocycles. The Morgan fingerprint density at radius 2 is 1.92 bits per heavy atom.